The molecule has 1 rings (SSSR count). The number of halogens is 4. The van der Waals surface area contributed by atoms with Crippen LogP contribution in [0, 0.1) is 5.82 Å². The van der Waals surface area contributed by atoms with Crippen molar-refractivity contribution in [3.8, 4) is 0 Å². The van der Waals surface area contributed by atoms with E-state index in [0.29, 0.717) is 6.07 Å². The second-order valence-corrected chi connectivity index (χ2v) is 3.12. The molecule has 0 aliphatic heterocycles. The Morgan fingerprint density at radius 3 is 2.47 bits per heavy atom. The molecule has 1 atom stereocenters. The summed E-state index contributed by atoms with van der Waals surface area (Å²) in [5, 5.41) is 9.30. The number of esters is 1. The van der Waals surface area contributed by atoms with E-state index in [1.165, 1.54) is 0 Å². The Kier molecular flexibility index (Phi) is 3.72. The smallest absolute Gasteiger partial charge is 0.416 e. The average Bonchev–Trinajstić information content (AvgIpc) is 2.25. The molecule has 1 aromatic carbocycles. The quantitative estimate of drug-likeness (QED) is 0.647. The number of aliphatic hydroxyl groups is 1. The highest BCUT2D eigenvalue weighted by atomic mass is 19.4. The van der Waals surface area contributed by atoms with Gasteiger partial charge in [-0.25, -0.2) is 9.18 Å². The highest BCUT2D eigenvalue weighted by Crippen LogP contribution is 2.36. The van der Waals surface area contributed by atoms with Crippen molar-refractivity contribution in [2.24, 2.45) is 0 Å². The van der Waals surface area contributed by atoms with Gasteiger partial charge < -0.3 is 9.84 Å². The Labute approximate surface area is 93.6 Å². The highest BCUT2D eigenvalue weighted by molar-refractivity contribution is 5.76. The maximum Gasteiger partial charge on any atom is 0.416 e. The lowest BCUT2D eigenvalue weighted by atomic mass is 10.0. The number of carbonyl (C=O) groups is 1. The van der Waals surface area contributed by atoms with E-state index in [9.17, 15) is 27.5 Å². The number of hydrogen-bond acceptors (Lipinski definition) is 3. The Morgan fingerprint density at radius 2 is 2.00 bits per heavy atom. The van der Waals surface area contributed by atoms with Crippen LogP contribution >= 0.6 is 0 Å². The largest absolute Gasteiger partial charge is 0.467 e. The van der Waals surface area contributed by atoms with Gasteiger partial charge in [-0.05, 0) is 12.1 Å². The SMILES string of the molecule is COC(=O)C(O)c1c(F)cccc1C(F)(F)F. The number of ether oxygens (including phenoxy) is 1. The number of carbonyl (C=O) groups excluding carboxylic acids is 1. The highest BCUT2D eigenvalue weighted by Gasteiger charge is 2.38. The van der Waals surface area contributed by atoms with Crippen LogP contribution in [0.15, 0.2) is 18.2 Å². The number of benzene rings is 1. The van der Waals surface area contributed by atoms with Gasteiger partial charge in [-0.3, -0.25) is 0 Å². The second-order valence-electron chi connectivity index (χ2n) is 3.12. The van der Waals surface area contributed by atoms with Gasteiger partial charge >= 0.3 is 12.1 Å². The van der Waals surface area contributed by atoms with Gasteiger partial charge in [-0.2, -0.15) is 13.2 Å². The lowest BCUT2D eigenvalue weighted by Crippen LogP contribution is -2.20. The monoisotopic (exact) mass is 252 g/mol. The first-order valence-electron chi connectivity index (χ1n) is 4.40. The molecule has 0 aromatic heterocycles. The molecule has 0 fully saturated rings. The van der Waals surface area contributed by atoms with E-state index in [0.717, 1.165) is 19.2 Å². The zero-order chi connectivity index (χ0) is 13.2. The molecule has 1 unspecified atom stereocenters. The summed E-state index contributed by atoms with van der Waals surface area (Å²) in [6, 6.07) is 2.13. The van der Waals surface area contributed by atoms with Gasteiger partial charge in [-0.1, -0.05) is 6.07 Å². The maximum absolute atomic E-state index is 13.3. The summed E-state index contributed by atoms with van der Waals surface area (Å²) < 4.78 is 54.9. The van der Waals surface area contributed by atoms with Crippen molar-refractivity contribution < 1.29 is 32.2 Å². The van der Waals surface area contributed by atoms with Crippen molar-refractivity contribution >= 4 is 5.97 Å². The molecule has 0 amide bonds. The van der Waals surface area contributed by atoms with Crippen LogP contribution < -0.4 is 0 Å². The van der Waals surface area contributed by atoms with E-state index in [-0.39, 0.29) is 0 Å². The summed E-state index contributed by atoms with van der Waals surface area (Å²) >= 11 is 0. The van der Waals surface area contributed by atoms with E-state index in [2.05, 4.69) is 4.74 Å². The first kappa shape index (κ1) is 13.4. The fourth-order valence-corrected chi connectivity index (χ4v) is 1.29. The average molecular weight is 252 g/mol. The fourth-order valence-electron chi connectivity index (χ4n) is 1.29. The minimum Gasteiger partial charge on any atom is -0.467 e. The Morgan fingerprint density at radius 1 is 1.41 bits per heavy atom. The molecular weight excluding hydrogens is 244 g/mol. The first-order chi connectivity index (χ1) is 7.79. The zero-order valence-corrected chi connectivity index (χ0v) is 8.58. The van der Waals surface area contributed by atoms with Crippen LogP contribution in [0.4, 0.5) is 17.6 Å². The predicted octanol–water partition coefficient (Wildman–Crippen LogP) is 2.05. The molecule has 0 saturated heterocycles. The summed E-state index contributed by atoms with van der Waals surface area (Å²) in [5.74, 6) is -2.68. The summed E-state index contributed by atoms with van der Waals surface area (Å²) in [4.78, 5) is 10.9. The molecule has 0 bridgehead atoms. The van der Waals surface area contributed by atoms with Crippen molar-refractivity contribution in [3.63, 3.8) is 0 Å². The second kappa shape index (κ2) is 4.70. The minimum absolute atomic E-state index is 0.574. The molecule has 17 heavy (non-hydrogen) atoms. The Hall–Kier alpha value is -1.63. The van der Waals surface area contributed by atoms with Gasteiger partial charge in [0.2, 0.25) is 0 Å². The third-order valence-corrected chi connectivity index (χ3v) is 2.06. The lowest BCUT2D eigenvalue weighted by molar-refractivity contribution is -0.152. The Bertz CT molecular complexity index is 428. The third-order valence-electron chi connectivity index (χ3n) is 2.06. The molecule has 0 saturated carbocycles. The van der Waals surface area contributed by atoms with Gasteiger partial charge in [0.1, 0.15) is 5.82 Å². The van der Waals surface area contributed by atoms with Gasteiger partial charge in [0.15, 0.2) is 6.10 Å². The van der Waals surface area contributed by atoms with E-state index in [1.54, 1.807) is 0 Å². The third kappa shape index (κ3) is 2.73. The molecule has 0 spiro atoms. The number of alkyl halides is 3. The standard InChI is InChI=1S/C10H8F4O3/c1-17-9(16)8(15)7-5(10(12,13)14)3-2-4-6(7)11/h2-4,8,15H,1H3. The zero-order valence-electron chi connectivity index (χ0n) is 8.58. The van der Waals surface area contributed by atoms with Crippen molar-refractivity contribution in [1.82, 2.24) is 0 Å². The van der Waals surface area contributed by atoms with Crippen LogP contribution in [0.2, 0.25) is 0 Å². The molecule has 1 aromatic rings. The summed E-state index contributed by atoms with van der Waals surface area (Å²) in [7, 11) is 0.875. The van der Waals surface area contributed by atoms with Gasteiger partial charge in [0.25, 0.3) is 0 Å². The molecular formula is C10H8F4O3. The minimum atomic E-state index is -4.87. The van der Waals surface area contributed by atoms with Crippen molar-refractivity contribution in [2.45, 2.75) is 12.3 Å². The first-order valence-corrected chi connectivity index (χ1v) is 4.40. The number of rotatable bonds is 2. The van der Waals surface area contributed by atoms with E-state index < -0.39 is 35.2 Å². The van der Waals surface area contributed by atoms with Crippen molar-refractivity contribution in [3.05, 3.63) is 35.1 Å². The van der Waals surface area contributed by atoms with Crippen molar-refractivity contribution in [2.75, 3.05) is 7.11 Å². The fraction of sp³-hybridized carbons (Fsp3) is 0.300. The molecule has 0 heterocycles. The summed E-state index contributed by atoms with van der Waals surface area (Å²) in [6.45, 7) is 0. The molecule has 94 valence electrons. The van der Waals surface area contributed by atoms with E-state index in [4.69, 9.17) is 0 Å². The predicted molar refractivity (Wildman–Crippen MR) is 48.4 cm³/mol. The molecule has 1 N–H and O–H groups in total. The summed E-state index contributed by atoms with van der Waals surface area (Å²) in [6.07, 6.45) is -7.18. The number of aliphatic hydroxyl groups excluding tert-OH is 1. The van der Waals surface area contributed by atoms with Gasteiger partial charge in [0, 0.05) is 5.56 Å². The molecule has 0 radical (unpaired) electrons. The van der Waals surface area contributed by atoms with Crippen LogP contribution in [-0.4, -0.2) is 18.2 Å². The normalized spacial score (nSPS) is 13.3. The summed E-state index contributed by atoms with van der Waals surface area (Å²) in [5.41, 5.74) is -2.54. The van der Waals surface area contributed by atoms with Crippen molar-refractivity contribution in [1.29, 1.82) is 0 Å². The van der Waals surface area contributed by atoms with Crippen LogP contribution in [0.25, 0.3) is 0 Å². The van der Waals surface area contributed by atoms with Gasteiger partial charge in [-0.15, -0.1) is 0 Å². The van der Waals surface area contributed by atoms with Crippen LogP contribution in [0.3, 0.4) is 0 Å². The lowest BCUT2D eigenvalue weighted by Gasteiger charge is -2.16. The van der Waals surface area contributed by atoms with Crippen LogP contribution in [0.5, 0.6) is 0 Å². The Balaban J connectivity index is 3.35. The maximum atomic E-state index is 13.3. The van der Waals surface area contributed by atoms with Gasteiger partial charge in [0.05, 0.1) is 12.7 Å². The van der Waals surface area contributed by atoms with Crippen LogP contribution in [0.1, 0.15) is 17.2 Å². The topological polar surface area (TPSA) is 46.5 Å². The van der Waals surface area contributed by atoms with E-state index in [1.807, 2.05) is 0 Å². The molecule has 0 aliphatic rings. The molecule has 0 aliphatic carbocycles. The number of methoxy groups -OCH3 is 1. The number of hydrogen-bond donors (Lipinski definition) is 1. The molecule has 3 nitrogen and oxygen atoms in total. The van der Waals surface area contributed by atoms with Crippen LogP contribution in [-0.2, 0) is 15.7 Å². The van der Waals surface area contributed by atoms with E-state index >= 15 is 0 Å². The molecule has 7 heteroatoms.